The largest absolute Gasteiger partial charge is 0.466 e. The highest BCUT2D eigenvalue weighted by atomic mass is 32.2. The van der Waals surface area contributed by atoms with Gasteiger partial charge in [0, 0.05) is 20.1 Å². The van der Waals surface area contributed by atoms with Gasteiger partial charge in [0.1, 0.15) is 6.04 Å². The Balaban J connectivity index is 2.17. The van der Waals surface area contributed by atoms with E-state index in [2.05, 4.69) is 0 Å². The van der Waals surface area contributed by atoms with E-state index in [4.69, 9.17) is 4.74 Å². The normalized spacial score (nSPS) is 17.2. The molecule has 8 heteroatoms. The lowest BCUT2D eigenvalue weighted by Crippen LogP contribution is -2.47. The van der Waals surface area contributed by atoms with Gasteiger partial charge in [-0.05, 0) is 25.3 Å². The highest BCUT2D eigenvalue weighted by Gasteiger charge is 2.36. The summed E-state index contributed by atoms with van der Waals surface area (Å²) in [6, 6.07) is 7.95. The minimum atomic E-state index is -3.55. The summed E-state index contributed by atoms with van der Waals surface area (Å²) in [5.74, 6) is -0.708. The van der Waals surface area contributed by atoms with Crippen LogP contribution in [0.25, 0.3) is 0 Å². The summed E-state index contributed by atoms with van der Waals surface area (Å²) in [6.07, 6.45) is 2.13. The Morgan fingerprint density at radius 1 is 1.23 bits per heavy atom. The molecule has 0 spiro atoms. The number of rotatable bonds is 6. The fourth-order valence-electron chi connectivity index (χ4n) is 3.10. The second kappa shape index (κ2) is 8.64. The molecule has 1 aromatic carbocycles. The third kappa shape index (κ3) is 4.82. The molecule has 1 saturated heterocycles. The average Bonchev–Trinajstić information content (AvgIpc) is 2.62. The summed E-state index contributed by atoms with van der Waals surface area (Å²) in [5, 5.41) is 0. The second-order valence-corrected chi connectivity index (χ2v) is 8.49. The molecule has 7 nitrogen and oxygen atoms in total. The van der Waals surface area contributed by atoms with Crippen molar-refractivity contribution in [3.8, 4) is 0 Å². The minimum absolute atomic E-state index is 0.207. The van der Waals surface area contributed by atoms with Crippen molar-refractivity contribution in [3.05, 3.63) is 35.9 Å². The summed E-state index contributed by atoms with van der Waals surface area (Å²) >= 11 is 0. The summed E-state index contributed by atoms with van der Waals surface area (Å²) in [5.41, 5.74) is 0.623. The topological polar surface area (TPSA) is 84.0 Å². The number of sulfonamides is 1. The maximum atomic E-state index is 13.1. The van der Waals surface area contributed by atoms with E-state index in [0.717, 1.165) is 10.6 Å². The zero-order chi connectivity index (χ0) is 19.3. The molecule has 0 aromatic heterocycles. The molecule has 0 saturated carbocycles. The number of hydrogen-bond donors (Lipinski definition) is 0. The van der Waals surface area contributed by atoms with Gasteiger partial charge < -0.3 is 9.64 Å². The molecule has 1 atom stereocenters. The van der Waals surface area contributed by atoms with Crippen LogP contribution in [0.15, 0.2) is 30.3 Å². The lowest BCUT2D eigenvalue weighted by Gasteiger charge is -2.35. The van der Waals surface area contributed by atoms with Gasteiger partial charge in [0.15, 0.2) is 0 Å². The Morgan fingerprint density at radius 3 is 2.31 bits per heavy atom. The first-order chi connectivity index (χ1) is 12.3. The number of nitrogens with zero attached hydrogens (tertiary/aromatic N) is 2. The molecule has 1 aliphatic heterocycles. The number of likely N-dealkylation sites (tertiary alicyclic amines) is 1. The third-order valence-corrected chi connectivity index (χ3v) is 5.92. The quantitative estimate of drug-likeness (QED) is 0.695. The van der Waals surface area contributed by atoms with Gasteiger partial charge in [-0.3, -0.25) is 9.59 Å². The summed E-state index contributed by atoms with van der Waals surface area (Å²) in [4.78, 5) is 26.6. The summed E-state index contributed by atoms with van der Waals surface area (Å²) < 4.78 is 30.2. The molecular weight excluding hydrogens is 356 g/mol. The number of piperidine rings is 1. The average molecular weight is 382 g/mol. The fraction of sp³-hybridized carbons (Fsp3) is 0.556. The number of ether oxygens (including phenoxy) is 1. The van der Waals surface area contributed by atoms with Gasteiger partial charge in [0.05, 0.1) is 18.8 Å². The third-order valence-electron chi connectivity index (χ3n) is 4.66. The zero-order valence-corrected chi connectivity index (χ0v) is 16.2. The van der Waals surface area contributed by atoms with Crippen molar-refractivity contribution < 1.29 is 22.7 Å². The second-order valence-electron chi connectivity index (χ2n) is 6.44. The lowest BCUT2D eigenvalue weighted by molar-refractivity contribution is -0.151. The van der Waals surface area contributed by atoms with Gasteiger partial charge in [-0.25, -0.2) is 8.42 Å². The van der Waals surface area contributed by atoms with Crippen molar-refractivity contribution >= 4 is 21.9 Å². The molecule has 0 unspecified atom stereocenters. The number of likely N-dealkylation sites (N-methyl/N-ethyl adjacent to an activating group) is 1. The number of amides is 1. The van der Waals surface area contributed by atoms with Crippen molar-refractivity contribution in [1.29, 1.82) is 0 Å². The Morgan fingerprint density at radius 2 is 1.81 bits per heavy atom. The molecule has 0 N–H and O–H groups in total. The molecule has 1 fully saturated rings. The minimum Gasteiger partial charge on any atom is -0.466 e. The first-order valence-corrected chi connectivity index (χ1v) is 10.5. The molecule has 144 valence electrons. The molecular formula is C18H26N2O5S. The number of benzene rings is 1. The summed E-state index contributed by atoms with van der Waals surface area (Å²) in [7, 11) is -2.14. The van der Waals surface area contributed by atoms with Crippen LogP contribution in [0.5, 0.6) is 0 Å². The number of carbonyl (C=O) groups excluding carboxylic acids is 2. The van der Waals surface area contributed by atoms with Crippen LogP contribution in [-0.2, 0) is 24.3 Å². The van der Waals surface area contributed by atoms with E-state index in [1.54, 1.807) is 36.1 Å². The van der Waals surface area contributed by atoms with Crippen LogP contribution in [0.4, 0.5) is 0 Å². The van der Waals surface area contributed by atoms with Crippen molar-refractivity contribution in [1.82, 2.24) is 9.21 Å². The van der Waals surface area contributed by atoms with Crippen LogP contribution in [0, 0.1) is 5.92 Å². The van der Waals surface area contributed by atoms with Gasteiger partial charge in [0.25, 0.3) is 0 Å². The number of hydrogen-bond acceptors (Lipinski definition) is 5. The van der Waals surface area contributed by atoms with Crippen LogP contribution in [0.3, 0.4) is 0 Å². The lowest BCUT2D eigenvalue weighted by atomic mass is 9.95. The first kappa shape index (κ1) is 20.4. The Bertz CT molecular complexity index is 727. The highest BCUT2D eigenvalue weighted by Crippen LogP contribution is 2.27. The van der Waals surface area contributed by atoms with Crippen LogP contribution in [0.2, 0.25) is 0 Å². The van der Waals surface area contributed by atoms with Gasteiger partial charge in [-0.2, -0.15) is 4.31 Å². The molecule has 1 aliphatic rings. The molecule has 1 amide bonds. The molecule has 0 radical (unpaired) electrons. The van der Waals surface area contributed by atoms with E-state index in [1.165, 1.54) is 7.05 Å². The van der Waals surface area contributed by atoms with Gasteiger partial charge >= 0.3 is 5.97 Å². The monoisotopic (exact) mass is 382 g/mol. The van der Waals surface area contributed by atoms with E-state index < -0.39 is 16.1 Å². The molecule has 1 heterocycles. The van der Waals surface area contributed by atoms with Crippen molar-refractivity contribution in [2.24, 2.45) is 5.92 Å². The van der Waals surface area contributed by atoms with Crippen molar-refractivity contribution in [3.63, 3.8) is 0 Å². The molecule has 1 aromatic rings. The van der Waals surface area contributed by atoms with E-state index in [-0.39, 0.29) is 17.8 Å². The number of esters is 1. The Kier molecular flexibility index (Phi) is 6.77. The number of carbonyl (C=O) groups is 2. The van der Waals surface area contributed by atoms with Crippen molar-refractivity contribution in [2.75, 3.05) is 33.0 Å². The smallest absolute Gasteiger partial charge is 0.309 e. The standard InChI is InChI=1S/C18H26N2O5S/c1-4-25-18(22)15-10-12-20(13-11-15)17(21)16(19(2)26(3,23)24)14-8-6-5-7-9-14/h5-9,15-16H,4,10-13H2,1-3H3/t16-/m0/s1. The SMILES string of the molecule is CCOC(=O)C1CCN(C(=O)[C@H](c2ccccc2)N(C)S(C)(=O)=O)CC1. The summed E-state index contributed by atoms with van der Waals surface area (Å²) in [6.45, 7) is 2.92. The van der Waals surface area contributed by atoms with E-state index in [0.29, 0.717) is 38.1 Å². The van der Waals surface area contributed by atoms with Gasteiger partial charge in [-0.1, -0.05) is 30.3 Å². The Hall–Kier alpha value is -1.93. The van der Waals surface area contributed by atoms with E-state index in [9.17, 15) is 18.0 Å². The molecule has 26 heavy (non-hydrogen) atoms. The van der Waals surface area contributed by atoms with E-state index in [1.807, 2.05) is 6.07 Å². The van der Waals surface area contributed by atoms with E-state index >= 15 is 0 Å². The van der Waals surface area contributed by atoms with Gasteiger partial charge in [0.2, 0.25) is 15.9 Å². The highest BCUT2D eigenvalue weighted by molar-refractivity contribution is 7.88. The van der Waals surface area contributed by atoms with Crippen molar-refractivity contribution in [2.45, 2.75) is 25.8 Å². The van der Waals surface area contributed by atoms with Gasteiger partial charge in [-0.15, -0.1) is 0 Å². The molecule has 2 rings (SSSR count). The predicted octanol–water partition coefficient (Wildman–Crippen LogP) is 1.42. The van der Waals surface area contributed by atoms with Crippen LogP contribution >= 0.6 is 0 Å². The Labute approximate surface area is 155 Å². The maximum absolute atomic E-state index is 13.1. The first-order valence-electron chi connectivity index (χ1n) is 8.69. The predicted molar refractivity (Wildman–Crippen MR) is 97.7 cm³/mol. The van der Waals surface area contributed by atoms with Crippen LogP contribution in [-0.4, -0.2) is 62.5 Å². The van der Waals surface area contributed by atoms with Crippen LogP contribution < -0.4 is 0 Å². The van der Waals surface area contributed by atoms with Crippen LogP contribution in [0.1, 0.15) is 31.4 Å². The fourth-order valence-corrected chi connectivity index (χ4v) is 3.70. The maximum Gasteiger partial charge on any atom is 0.309 e. The molecule has 0 bridgehead atoms. The zero-order valence-electron chi connectivity index (χ0n) is 15.4. The molecule has 0 aliphatic carbocycles.